The second-order valence-corrected chi connectivity index (χ2v) is 4.86. The largest absolute Gasteiger partial charge is 0.392 e. The highest BCUT2D eigenvalue weighted by Crippen LogP contribution is 2.12. The van der Waals surface area contributed by atoms with Crippen LogP contribution in [0.2, 0.25) is 0 Å². The van der Waals surface area contributed by atoms with E-state index in [4.69, 9.17) is 5.11 Å². The second kappa shape index (κ2) is 5.28. The highest BCUT2D eigenvalue weighted by molar-refractivity contribution is 7.16. The zero-order chi connectivity index (χ0) is 13.1. The molecule has 1 atom stereocenters. The third-order valence-corrected chi connectivity index (χ3v) is 3.18. The number of carbonyl (C=O) groups excluding carboxylic acids is 1. The Morgan fingerprint density at radius 2 is 2.44 bits per heavy atom. The van der Waals surface area contributed by atoms with E-state index in [9.17, 15) is 9.59 Å². The molecule has 2 aromatic rings. The fourth-order valence-corrected chi connectivity index (χ4v) is 2.20. The summed E-state index contributed by atoms with van der Waals surface area (Å²) in [7, 11) is 0. The van der Waals surface area contributed by atoms with Crippen molar-refractivity contribution in [3.8, 4) is 0 Å². The van der Waals surface area contributed by atoms with Crippen LogP contribution in [-0.4, -0.2) is 33.2 Å². The van der Waals surface area contributed by atoms with Gasteiger partial charge in [0.2, 0.25) is 5.91 Å². The molecule has 0 bridgehead atoms. The van der Waals surface area contributed by atoms with Crippen molar-refractivity contribution >= 4 is 27.5 Å². The minimum absolute atomic E-state index is 0.0929. The van der Waals surface area contributed by atoms with E-state index >= 15 is 0 Å². The Morgan fingerprint density at radius 1 is 1.67 bits per heavy atom. The van der Waals surface area contributed by atoms with E-state index in [2.05, 4.69) is 10.3 Å². The lowest BCUT2D eigenvalue weighted by atomic mass is 10.4. The lowest BCUT2D eigenvalue weighted by molar-refractivity contribution is -0.122. The van der Waals surface area contributed by atoms with E-state index in [0.29, 0.717) is 10.2 Å². The maximum absolute atomic E-state index is 12.0. The van der Waals surface area contributed by atoms with E-state index in [0.717, 1.165) is 0 Å². The van der Waals surface area contributed by atoms with Crippen LogP contribution in [-0.2, 0) is 11.3 Å². The minimum Gasteiger partial charge on any atom is -0.392 e. The van der Waals surface area contributed by atoms with Crippen LogP contribution in [0.25, 0.3) is 10.2 Å². The van der Waals surface area contributed by atoms with Crippen molar-refractivity contribution < 1.29 is 9.90 Å². The molecule has 2 aromatic heterocycles. The molecule has 0 spiro atoms. The van der Waals surface area contributed by atoms with Gasteiger partial charge in [-0.05, 0) is 18.4 Å². The molecule has 18 heavy (non-hydrogen) atoms. The molecule has 2 rings (SSSR count). The Hall–Kier alpha value is -1.73. The number of aromatic nitrogens is 2. The molecule has 0 aromatic carbocycles. The molecule has 0 radical (unpaired) electrons. The fourth-order valence-electron chi connectivity index (χ4n) is 1.48. The summed E-state index contributed by atoms with van der Waals surface area (Å²) in [4.78, 5) is 28.3. The Kier molecular flexibility index (Phi) is 3.73. The highest BCUT2D eigenvalue weighted by atomic mass is 32.1. The van der Waals surface area contributed by atoms with Crippen LogP contribution in [0.1, 0.15) is 6.92 Å². The van der Waals surface area contributed by atoms with Crippen LogP contribution >= 0.6 is 11.3 Å². The van der Waals surface area contributed by atoms with Gasteiger partial charge in [-0.1, -0.05) is 0 Å². The maximum atomic E-state index is 12.0. The molecular formula is C11H13N3O3S. The Balaban J connectivity index is 2.14. The highest BCUT2D eigenvalue weighted by Gasteiger charge is 2.09. The summed E-state index contributed by atoms with van der Waals surface area (Å²) in [6.07, 6.45) is 0.756. The lowest BCUT2D eigenvalue weighted by Crippen LogP contribution is -2.35. The van der Waals surface area contributed by atoms with Gasteiger partial charge in [0.1, 0.15) is 11.4 Å². The molecular weight excluding hydrogens is 254 g/mol. The fraction of sp³-hybridized carbons (Fsp3) is 0.364. The van der Waals surface area contributed by atoms with Gasteiger partial charge in [-0.3, -0.25) is 14.2 Å². The molecule has 1 amide bonds. The average Bonchev–Trinajstić information content (AvgIpc) is 2.79. The summed E-state index contributed by atoms with van der Waals surface area (Å²) < 4.78 is 1.26. The zero-order valence-electron chi connectivity index (χ0n) is 9.79. The first-order valence-corrected chi connectivity index (χ1v) is 6.33. The van der Waals surface area contributed by atoms with Gasteiger partial charge >= 0.3 is 0 Å². The van der Waals surface area contributed by atoms with Crippen LogP contribution in [0.5, 0.6) is 0 Å². The monoisotopic (exact) mass is 267 g/mol. The number of nitrogens with one attached hydrogen (secondary N) is 1. The molecule has 0 aliphatic carbocycles. The van der Waals surface area contributed by atoms with E-state index in [1.54, 1.807) is 18.4 Å². The lowest BCUT2D eigenvalue weighted by Gasteiger charge is -2.08. The van der Waals surface area contributed by atoms with Crippen molar-refractivity contribution in [1.29, 1.82) is 0 Å². The van der Waals surface area contributed by atoms with E-state index in [1.165, 1.54) is 22.2 Å². The summed E-state index contributed by atoms with van der Waals surface area (Å²) in [6.45, 7) is 1.65. The first-order chi connectivity index (χ1) is 8.58. The third kappa shape index (κ3) is 2.74. The second-order valence-electron chi connectivity index (χ2n) is 3.97. The van der Waals surface area contributed by atoms with Gasteiger partial charge in [-0.25, -0.2) is 4.98 Å². The molecule has 2 N–H and O–H groups in total. The van der Waals surface area contributed by atoms with Gasteiger partial charge < -0.3 is 10.4 Å². The number of rotatable bonds is 4. The zero-order valence-corrected chi connectivity index (χ0v) is 10.6. The van der Waals surface area contributed by atoms with Crippen LogP contribution in [0.4, 0.5) is 0 Å². The summed E-state index contributed by atoms with van der Waals surface area (Å²) in [5, 5.41) is 13.9. The number of hydrogen-bond donors (Lipinski definition) is 2. The smallest absolute Gasteiger partial charge is 0.262 e. The number of nitrogens with zero attached hydrogens (tertiary/aromatic N) is 2. The summed E-state index contributed by atoms with van der Waals surface area (Å²) in [6, 6.07) is 1.69. The van der Waals surface area contributed by atoms with Crippen LogP contribution in [0.3, 0.4) is 0 Å². The molecule has 0 aliphatic rings. The predicted octanol–water partition coefficient (Wildman–Crippen LogP) is -0.0450. The van der Waals surface area contributed by atoms with Crippen LogP contribution in [0.15, 0.2) is 22.6 Å². The number of hydrogen-bond acceptors (Lipinski definition) is 5. The van der Waals surface area contributed by atoms with E-state index < -0.39 is 6.10 Å². The summed E-state index contributed by atoms with van der Waals surface area (Å²) in [5.74, 6) is -0.325. The molecule has 0 saturated heterocycles. The van der Waals surface area contributed by atoms with Crippen molar-refractivity contribution in [3.05, 3.63) is 28.1 Å². The Bertz CT molecular complexity index is 617. The first kappa shape index (κ1) is 12.7. The summed E-state index contributed by atoms with van der Waals surface area (Å²) >= 11 is 1.39. The topological polar surface area (TPSA) is 84.2 Å². The maximum Gasteiger partial charge on any atom is 0.262 e. The Labute approximate surface area is 107 Å². The van der Waals surface area contributed by atoms with Gasteiger partial charge in [0.25, 0.3) is 5.56 Å². The number of aliphatic hydroxyl groups is 1. The number of fused-ring (bicyclic) bond motifs is 1. The number of carbonyl (C=O) groups is 1. The van der Waals surface area contributed by atoms with E-state index in [1.807, 2.05) is 0 Å². The SMILES string of the molecule is C[C@@H](O)CNC(=O)Cn1cnc2sccc2c1=O. The molecule has 0 saturated carbocycles. The third-order valence-electron chi connectivity index (χ3n) is 2.36. The number of thiophene rings is 1. The molecule has 0 unspecified atom stereocenters. The van der Waals surface area contributed by atoms with Crippen molar-refractivity contribution in [3.63, 3.8) is 0 Å². The predicted molar refractivity (Wildman–Crippen MR) is 68.6 cm³/mol. The van der Waals surface area contributed by atoms with Crippen LogP contribution in [0, 0.1) is 0 Å². The molecule has 0 fully saturated rings. The van der Waals surface area contributed by atoms with Gasteiger partial charge in [0.05, 0.1) is 17.8 Å². The first-order valence-electron chi connectivity index (χ1n) is 5.45. The van der Waals surface area contributed by atoms with Crippen molar-refractivity contribution in [1.82, 2.24) is 14.9 Å². The number of aliphatic hydroxyl groups excluding tert-OH is 1. The molecule has 96 valence electrons. The van der Waals surface area contributed by atoms with E-state index in [-0.39, 0.29) is 24.6 Å². The molecule has 0 aliphatic heterocycles. The van der Waals surface area contributed by atoms with Gasteiger partial charge in [-0.2, -0.15) is 0 Å². The van der Waals surface area contributed by atoms with Gasteiger partial charge in [-0.15, -0.1) is 11.3 Å². The summed E-state index contributed by atoms with van der Waals surface area (Å²) in [5.41, 5.74) is -0.228. The molecule has 6 nitrogen and oxygen atoms in total. The van der Waals surface area contributed by atoms with Crippen molar-refractivity contribution in [2.75, 3.05) is 6.54 Å². The average molecular weight is 267 g/mol. The Morgan fingerprint density at radius 3 is 3.17 bits per heavy atom. The standard InChI is InChI=1S/C11H13N3O3S/c1-7(15)4-12-9(16)5-14-6-13-10-8(11(14)17)2-3-18-10/h2-3,6-7,15H,4-5H2,1H3,(H,12,16)/t7-/m1/s1. The van der Waals surface area contributed by atoms with Crippen molar-refractivity contribution in [2.24, 2.45) is 0 Å². The normalized spacial score (nSPS) is 12.6. The molecule has 7 heteroatoms. The van der Waals surface area contributed by atoms with Crippen LogP contribution < -0.4 is 10.9 Å². The van der Waals surface area contributed by atoms with Gasteiger partial charge in [0.15, 0.2) is 0 Å². The molecule has 2 heterocycles. The van der Waals surface area contributed by atoms with Gasteiger partial charge in [0, 0.05) is 6.54 Å². The number of amides is 1. The minimum atomic E-state index is -0.608. The quantitative estimate of drug-likeness (QED) is 0.814. The van der Waals surface area contributed by atoms with Crippen molar-refractivity contribution in [2.45, 2.75) is 19.6 Å².